The molecule has 1 aromatic carbocycles. The maximum Gasteiger partial charge on any atom is 0.404 e. The number of nitrogens with zero attached hydrogens (tertiary/aromatic N) is 3. The van der Waals surface area contributed by atoms with Crippen LogP contribution in [0, 0.1) is 10.1 Å². The number of halogens is 1. The number of rotatable bonds is 4. The first kappa shape index (κ1) is 16.2. The second-order valence-electron chi connectivity index (χ2n) is 5.02. The van der Waals surface area contributed by atoms with Crippen molar-refractivity contribution >= 4 is 33.3 Å². The zero-order valence-corrected chi connectivity index (χ0v) is 14.0. The van der Waals surface area contributed by atoms with Crippen LogP contribution >= 0.6 is 15.9 Å². The molecule has 1 N–H and O–H groups in total. The Balaban J connectivity index is 1.68. The molecular weight excluding hydrogens is 384 g/mol. The summed E-state index contributed by atoms with van der Waals surface area (Å²) in [7, 11) is 0. The fourth-order valence-electron chi connectivity index (χ4n) is 2.18. The van der Waals surface area contributed by atoms with Gasteiger partial charge in [-0.25, -0.2) is 0 Å². The Morgan fingerprint density at radius 1 is 1.38 bits per heavy atom. The molecule has 0 spiro atoms. The van der Waals surface area contributed by atoms with Gasteiger partial charge < -0.3 is 24.9 Å². The van der Waals surface area contributed by atoms with E-state index in [1.54, 1.807) is 18.2 Å². The van der Waals surface area contributed by atoms with Crippen molar-refractivity contribution in [2.45, 2.75) is 13.0 Å². The Kier molecular flexibility index (Phi) is 4.65. The van der Waals surface area contributed by atoms with Gasteiger partial charge in [0.15, 0.2) is 11.5 Å². The van der Waals surface area contributed by atoms with E-state index in [1.807, 2.05) is 0 Å². The molecule has 2 aromatic rings. The lowest BCUT2D eigenvalue weighted by molar-refractivity contribution is -0.390. The van der Waals surface area contributed by atoms with E-state index in [-0.39, 0.29) is 22.7 Å². The number of carbonyl (C=O) groups is 1. The number of carbonyl (C=O) groups excluding carboxylic acids is 1. The molecule has 0 atom stereocenters. The average Bonchev–Trinajstić information content (AvgIpc) is 2.75. The van der Waals surface area contributed by atoms with Gasteiger partial charge in [0.05, 0.1) is 24.5 Å². The predicted octanol–water partition coefficient (Wildman–Crippen LogP) is 2.35. The Hall–Kier alpha value is -2.62. The van der Waals surface area contributed by atoms with Crippen LogP contribution in [0.5, 0.6) is 11.5 Å². The molecule has 0 aliphatic carbocycles. The van der Waals surface area contributed by atoms with Gasteiger partial charge in [-0.2, -0.15) is 4.68 Å². The number of nitro groups is 1. The number of hydrogen-bond acceptors (Lipinski definition) is 6. The van der Waals surface area contributed by atoms with Crippen molar-refractivity contribution in [2.24, 2.45) is 0 Å². The molecule has 0 saturated carbocycles. The Bertz CT molecular complexity index is 791. The summed E-state index contributed by atoms with van der Waals surface area (Å²) in [6, 6.07) is 5.11. The van der Waals surface area contributed by atoms with Crippen LogP contribution in [0.2, 0.25) is 0 Å². The second kappa shape index (κ2) is 6.87. The summed E-state index contributed by atoms with van der Waals surface area (Å²) in [5, 5.41) is 17.2. The summed E-state index contributed by atoms with van der Waals surface area (Å²) in [5.41, 5.74) is 0.546. The van der Waals surface area contributed by atoms with E-state index in [0.717, 1.165) is 6.42 Å². The third-order valence-corrected chi connectivity index (χ3v) is 3.77. The van der Waals surface area contributed by atoms with Crippen LogP contribution in [-0.2, 0) is 11.3 Å². The van der Waals surface area contributed by atoms with E-state index in [2.05, 4.69) is 26.3 Å². The van der Waals surface area contributed by atoms with E-state index in [4.69, 9.17) is 9.47 Å². The van der Waals surface area contributed by atoms with Gasteiger partial charge in [-0.1, -0.05) is 0 Å². The monoisotopic (exact) mass is 396 g/mol. The van der Waals surface area contributed by atoms with E-state index in [0.29, 0.717) is 30.4 Å². The summed E-state index contributed by atoms with van der Waals surface area (Å²) < 4.78 is 12.5. The van der Waals surface area contributed by atoms with E-state index in [1.165, 1.54) is 10.9 Å². The zero-order valence-electron chi connectivity index (χ0n) is 12.4. The highest BCUT2D eigenvalue weighted by atomic mass is 79.9. The number of anilines is 1. The number of benzene rings is 1. The van der Waals surface area contributed by atoms with Gasteiger partial charge in [-0.05, 0) is 33.0 Å². The van der Waals surface area contributed by atoms with Crippen molar-refractivity contribution in [3.05, 3.63) is 39.0 Å². The highest BCUT2D eigenvalue weighted by molar-refractivity contribution is 9.10. The number of amides is 1. The van der Waals surface area contributed by atoms with Crippen molar-refractivity contribution in [3.8, 4) is 11.5 Å². The Labute approximate surface area is 144 Å². The first-order valence-electron chi connectivity index (χ1n) is 7.10. The quantitative estimate of drug-likeness (QED) is 0.627. The Morgan fingerprint density at radius 3 is 2.83 bits per heavy atom. The first-order valence-corrected chi connectivity index (χ1v) is 7.89. The van der Waals surface area contributed by atoms with E-state index < -0.39 is 4.92 Å². The van der Waals surface area contributed by atoms with Crippen molar-refractivity contribution in [2.75, 3.05) is 18.5 Å². The standard InChI is InChI=1S/C14H13BrN4O5/c15-10-7-18(17-14(10)19(21)22)8-13(20)16-9-2-3-11-12(6-9)24-5-1-4-23-11/h2-3,6-7H,1,4-5,8H2,(H,16,20). The summed E-state index contributed by atoms with van der Waals surface area (Å²) in [6.45, 7) is 0.988. The normalized spacial score (nSPS) is 13.2. The molecule has 1 amide bonds. The lowest BCUT2D eigenvalue weighted by atomic mass is 10.2. The SMILES string of the molecule is O=C(Cn1cc(Br)c([N+](=O)[O-])n1)Nc1ccc2c(c1)OCCCO2. The number of ether oxygens (including phenoxy) is 2. The van der Waals surface area contributed by atoms with Gasteiger partial charge in [0.25, 0.3) is 0 Å². The molecule has 0 fully saturated rings. The molecule has 126 valence electrons. The fourth-order valence-corrected chi connectivity index (χ4v) is 2.64. The number of aromatic nitrogens is 2. The van der Waals surface area contributed by atoms with Gasteiger partial charge in [-0.3, -0.25) is 4.79 Å². The summed E-state index contributed by atoms with van der Waals surface area (Å²) in [5.74, 6) is 0.507. The second-order valence-corrected chi connectivity index (χ2v) is 5.87. The number of fused-ring (bicyclic) bond motifs is 1. The lowest BCUT2D eigenvalue weighted by Crippen LogP contribution is -2.19. The van der Waals surface area contributed by atoms with Crippen LogP contribution in [0.4, 0.5) is 11.5 Å². The van der Waals surface area contributed by atoms with Crippen LogP contribution in [0.3, 0.4) is 0 Å². The highest BCUT2D eigenvalue weighted by Gasteiger charge is 2.20. The van der Waals surface area contributed by atoms with Crippen molar-refractivity contribution in [1.82, 2.24) is 9.78 Å². The molecule has 3 rings (SSSR count). The smallest absolute Gasteiger partial charge is 0.404 e. The lowest BCUT2D eigenvalue weighted by Gasteiger charge is -2.10. The minimum Gasteiger partial charge on any atom is -0.490 e. The van der Waals surface area contributed by atoms with Gasteiger partial charge >= 0.3 is 5.82 Å². The molecule has 24 heavy (non-hydrogen) atoms. The van der Waals surface area contributed by atoms with Crippen molar-refractivity contribution in [3.63, 3.8) is 0 Å². The van der Waals surface area contributed by atoms with Crippen LogP contribution in [0.25, 0.3) is 0 Å². The third-order valence-electron chi connectivity index (χ3n) is 3.21. The molecule has 0 saturated heterocycles. The summed E-state index contributed by atoms with van der Waals surface area (Å²) >= 11 is 3.04. The first-order chi connectivity index (χ1) is 11.5. The van der Waals surface area contributed by atoms with Gasteiger partial charge in [-0.15, -0.1) is 0 Å². The average molecular weight is 397 g/mol. The molecule has 10 heteroatoms. The topological polar surface area (TPSA) is 109 Å². The largest absolute Gasteiger partial charge is 0.490 e. The van der Waals surface area contributed by atoms with Crippen molar-refractivity contribution in [1.29, 1.82) is 0 Å². The minimum absolute atomic E-state index is 0.152. The fraction of sp³-hybridized carbons (Fsp3) is 0.286. The summed E-state index contributed by atoms with van der Waals surface area (Å²) in [6.07, 6.45) is 2.18. The molecule has 1 aliphatic heterocycles. The molecule has 0 radical (unpaired) electrons. The maximum absolute atomic E-state index is 12.1. The van der Waals surface area contributed by atoms with Crippen LogP contribution in [-0.4, -0.2) is 33.8 Å². The maximum atomic E-state index is 12.1. The van der Waals surface area contributed by atoms with Crippen molar-refractivity contribution < 1.29 is 19.2 Å². The molecule has 1 aromatic heterocycles. The molecule has 0 unspecified atom stereocenters. The van der Waals surface area contributed by atoms with Gasteiger partial charge in [0.2, 0.25) is 5.91 Å². The predicted molar refractivity (Wildman–Crippen MR) is 87.3 cm³/mol. The van der Waals surface area contributed by atoms with E-state index >= 15 is 0 Å². The highest BCUT2D eigenvalue weighted by Crippen LogP contribution is 2.32. The zero-order chi connectivity index (χ0) is 17.1. The van der Waals surface area contributed by atoms with Crippen LogP contribution in [0.15, 0.2) is 28.9 Å². The molecular formula is C14H13BrN4O5. The molecule has 1 aliphatic rings. The van der Waals surface area contributed by atoms with Crippen LogP contribution < -0.4 is 14.8 Å². The third kappa shape index (κ3) is 3.65. The van der Waals surface area contributed by atoms with Gasteiger partial charge in [0.1, 0.15) is 11.0 Å². The molecule has 9 nitrogen and oxygen atoms in total. The minimum atomic E-state index is -0.623. The van der Waals surface area contributed by atoms with Crippen LogP contribution in [0.1, 0.15) is 6.42 Å². The number of hydrogen-bond donors (Lipinski definition) is 1. The summed E-state index contributed by atoms with van der Waals surface area (Å²) in [4.78, 5) is 22.2. The molecule has 2 heterocycles. The van der Waals surface area contributed by atoms with E-state index in [9.17, 15) is 14.9 Å². The van der Waals surface area contributed by atoms with Gasteiger partial charge in [0, 0.05) is 18.2 Å². The Morgan fingerprint density at radius 2 is 2.12 bits per heavy atom. The molecule has 0 bridgehead atoms. The number of nitrogens with one attached hydrogen (secondary N) is 1.